The fourth-order valence-corrected chi connectivity index (χ4v) is 4.45. The van der Waals surface area contributed by atoms with Crippen molar-refractivity contribution in [2.45, 2.75) is 18.4 Å². The zero-order valence-corrected chi connectivity index (χ0v) is 15.0. The Labute approximate surface area is 145 Å². The zero-order chi connectivity index (χ0) is 16.4. The van der Waals surface area contributed by atoms with Gasteiger partial charge in [-0.2, -0.15) is 0 Å². The number of ether oxygens (including phenoxy) is 1. The molecule has 2 heterocycles. The van der Waals surface area contributed by atoms with E-state index < -0.39 is 0 Å². The molecule has 1 aromatic carbocycles. The number of hydrogen-bond acceptors (Lipinski definition) is 4. The molecule has 0 aliphatic carbocycles. The molecular formula is C17H21ClN2O2S. The maximum Gasteiger partial charge on any atom is 0.262 e. The molecule has 1 amide bonds. The summed E-state index contributed by atoms with van der Waals surface area (Å²) in [4.78, 5) is 15.4. The van der Waals surface area contributed by atoms with Crippen LogP contribution in [0.5, 0.6) is 0 Å². The summed E-state index contributed by atoms with van der Waals surface area (Å²) in [6.45, 7) is 2.07. The summed E-state index contributed by atoms with van der Waals surface area (Å²) >= 11 is 7.83. The number of likely N-dealkylation sites (N-methyl/N-ethyl adjacent to an activating group) is 1. The molecule has 1 N–H and O–H groups in total. The molecule has 1 aromatic heterocycles. The monoisotopic (exact) mass is 352 g/mol. The highest BCUT2D eigenvalue weighted by atomic mass is 35.5. The Morgan fingerprint density at radius 3 is 2.70 bits per heavy atom. The smallest absolute Gasteiger partial charge is 0.262 e. The fraction of sp³-hybridized carbons (Fsp3) is 0.471. The van der Waals surface area contributed by atoms with Crippen molar-refractivity contribution in [2.75, 3.05) is 33.9 Å². The first-order valence-electron chi connectivity index (χ1n) is 7.74. The quantitative estimate of drug-likeness (QED) is 0.917. The van der Waals surface area contributed by atoms with Crippen molar-refractivity contribution in [1.82, 2.24) is 10.2 Å². The minimum Gasteiger partial charge on any atom is -0.381 e. The molecule has 0 saturated carbocycles. The van der Waals surface area contributed by atoms with Crippen LogP contribution >= 0.6 is 22.9 Å². The molecule has 4 nitrogen and oxygen atoms in total. The standard InChI is InChI=1S/C17H21ClN2O2S/c1-20(2)17(7-9-22-10-8-17)11-19-16(21)15-14(18)12-5-3-4-6-13(12)23-15/h3-6H,7-11H2,1-2H3,(H,19,21). The summed E-state index contributed by atoms with van der Waals surface area (Å²) in [7, 11) is 4.12. The third kappa shape index (κ3) is 3.24. The average Bonchev–Trinajstić information content (AvgIpc) is 2.91. The molecule has 3 rings (SSSR count). The van der Waals surface area contributed by atoms with E-state index >= 15 is 0 Å². The van der Waals surface area contributed by atoms with E-state index in [1.54, 1.807) is 0 Å². The van der Waals surface area contributed by atoms with Crippen LogP contribution in [0.3, 0.4) is 0 Å². The van der Waals surface area contributed by atoms with Gasteiger partial charge in [0.2, 0.25) is 0 Å². The number of halogens is 1. The Morgan fingerprint density at radius 2 is 2.04 bits per heavy atom. The number of thiophene rings is 1. The molecule has 0 spiro atoms. The molecule has 124 valence electrons. The SMILES string of the molecule is CN(C)C1(CNC(=O)c2sc3ccccc3c2Cl)CCOCC1. The number of carbonyl (C=O) groups is 1. The Balaban J connectivity index is 1.76. The summed E-state index contributed by atoms with van der Waals surface area (Å²) < 4.78 is 6.50. The number of nitrogens with zero attached hydrogens (tertiary/aromatic N) is 1. The predicted octanol–water partition coefficient (Wildman–Crippen LogP) is 3.40. The van der Waals surface area contributed by atoms with Gasteiger partial charge in [-0.25, -0.2) is 0 Å². The summed E-state index contributed by atoms with van der Waals surface area (Å²) in [6, 6.07) is 7.83. The lowest BCUT2D eigenvalue weighted by Gasteiger charge is -2.42. The van der Waals surface area contributed by atoms with Crippen molar-refractivity contribution < 1.29 is 9.53 Å². The van der Waals surface area contributed by atoms with Crippen LogP contribution in [0.1, 0.15) is 22.5 Å². The molecule has 0 bridgehead atoms. The minimum atomic E-state index is -0.0936. The van der Waals surface area contributed by atoms with Gasteiger partial charge < -0.3 is 15.0 Å². The lowest BCUT2D eigenvalue weighted by atomic mass is 9.88. The Kier molecular flexibility index (Phi) is 4.92. The lowest BCUT2D eigenvalue weighted by Crippen LogP contribution is -2.55. The maximum atomic E-state index is 12.6. The van der Waals surface area contributed by atoms with E-state index in [0.29, 0.717) is 16.4 Å². The predicted molar refractivity (Wildman–Crippen MR) is 95.6 cm³/mol. The van der Waals surface area contributed by atoms with Gasteiger partial charge in [0.05, 0.1) is 5.02 Å². The topological polar surface area (TPSA) is 41.6 Å². The summed E-state index contributed by atoms with van der Waals surface area (Å²) in [5.74, 6) is -0.0936. The molecule has 0 unspecified atom stereocenters. The lowest BCUT2D eigenvalue weighted by molar-refractivity contribution is -0.00656. The van der Waals surface area contributed by atoms with Gasteiger partial charge in [-0.05, 0) is 33.0 Å². The summed E-state index contributed by atoms with van der Waals surface area (Å²) in [6.07, 6.45) is 1.83. The molecule has 6 heteroatoms. The highest BCUT2D eigenvalue weighted by Gasteiger charge is 2.35. The van der Waals surface area contributed by atoms with Crippen LogP contribution < -0.4 is 5.32 Å². The van der Waals surface area contributed by atoms with Crippen molar-refractivity contribution >= 4 is 38.9 Å². The number of benzene rings is 1. The van der Waals surface area contributed by atoms with E-state index in [4.69, 9.17) is 16.3 Å². The number of nitrogens with one attached hydrogen (secondary N) is 1. The van der Waals surface area contributed by atoms with E-state index in [0.717, 1.165) is 36.1 Å². The molecule has 1 fully saturated rings. The van der Waals surface area contributed by atoms with Crippen LogP contribution in [-0.2, 0) is 4.74 Å². The Hall–Kier alpha value is -1.14. The van der Waals surface area contributed by atoms with Crippen molar-refractivity contribution in [3.05, 3.63) is 34.2 Å². The summed E-state index contributed by atoms with van der Waals surface area (Å²) in [5.41, 5.74) is -0.0446. The Bertz CT molecular complexity index is 708. The molecule has 23 heavy (non-hydrogen) atoms. The second kappa shape index (κ2) is 6.77. The third-order valence-corrected chi connectivity index (χ3v) is 6.37. The second-order valence-corrected chi connectivity index (χ2v) is 7.59. The van der Waals surface area contributed by atoms with Crippen LogP contribution in [-0.4, -0.2) is 50.2 Å². The van der Waals surface area contributed by atoms with Gasteiger partial charge in [0.1, 0.15) is 4.88 Å². The van der Waals surface area contributed by atoms with Crippen molar-refractivity contribution in [2.24, 2.45) is 0 Å². The van der Waals surface area contributed by atoms with Crippen LogP contribution in [0.25, 0.3) is 10.1 Å². The molecule has 1 aliphatic rings. The number of rotatable bonds is 4. The van der Waals surface area contributed by atoms with Gasteiger partial charge in [0, 0.05) is 35.4 Å². The first-order chi connectivity index (χ1) is 11.0. The number of fused-ring (bicyclic) bond motifs is 1. The van der Waals surface area contributed by atoms with E-state index in [1.807, 2.05) is 24.3 Å². The van der Waals surface area contributed by atoms with E-state index in [9.17, 15) is 4.79 Å². The van der Waals surface area contributed by atoms with E-state index in [2.05, 4.69) is 24.3 Å². The van der Waals surface area contributed by atoms with Gasteiger partial charge in [-0.1, -0.05) is 29.8 Å². The highest BCUT2D eigenvalue weighted by Crippen LogP contribution is 2.35. The van der Waals surface area contributed by atoms with Crippen molar-refractivity contribution in [3.63, 3.8) is 0 Å². The third-order valence-electron chi connectivity index (χ3n) is 4.69. The first kappa shape index (κ1) is 16.7. The zero-order valence-electron chi connectivity index (χ0n) is 13.4. The van der Waals surface area contributed by atoms with Crippen molar-refractivity contribution in [1.29, 1.82) is 0 Å². The highest BCUT2D eigenvalue weighted by molar-refractivity contribution is 7.21. The van der Waals surface area contributed by atoms with Crippen LogP contribution in [0, 0.1) is 0 Å². The Morgan fingerprint density at radius 1 is 1.35 bits per heavy atom. The normalized spacial score (nSPS) is 17.6. The molecule has 0 atom stereocenters. The molecule has 1 saturated heterocycles. The van der Waals surface area contributed by atoms with Crippen LogP contribution in [0.15, 0.2) is 24.3 Å². The average molecular weight is 353 g/mol. The molecule has 1 aliphatic heterocycles. The molecular weight excluding hydrogens is 332 g/mol. The van der Waals surface area contributed by atoms with Crippen LogP contribution in [0.4, 0.5) is 0 Å². The second-order valence-electron chi connectivity index (χ2n) is 6.16. The maximum absolute atomic E-state index is 12.6. The van der Waals surface area contributed by atoms with E-state index in [-0.39, 0.29) is 11.4 Å². The van der Waals surface area contributed by atoms with Crippen molar-refractivity contribution in [3.8, 4) is 0 Å². The molecule has 2 aromatic rings. The number of hydrogen-bond donors (Lipinski definition) is 1. The van der Waals surface area contributed by atoms with E-state index in [1.165, 1.54) is 11.3 Å². The van der Waals surface area contributed by atoms with Gasteiger partial charge in [0.15, 0.2) is 0 Å². The minimum absolute atomic E-state index is 0.0446. The number of carbonyl (C=O) groups excluding carboxylic acids is 1. The van der Waals surface area contributed by atoms with Gasteiger partial charge in [-0.3, -0.25) is 4.79 Å². The number of amides is 1. The fourth-order valence-electron chi connectivity index (χ4n) is 3.02. The molecule has 0 radical (unpaired) electrons. The first-order valence-corrected chi connectivity index (χ1v) is 8.93. The van der Waals surface area contributed by atoms with Gasteiger partial charge in [0.25, 0.3) is 5.91 Å². The summed E-state index contributed by atoms with van der Waals surface area (Å²) in [5, 5.41) is 4.57. The van der Waals surface area contributed by atoms with Gasteiger partial charge >= 0.3 is 0 Å². The largest absolute Gasteiger partial charge is 0.381 e. The van der Waals surface area contributed by atoms with Gasteiger partial charge in [-0.15, -0.1) is 11.3 Å². The van der Waals surface area contributed by atoms with Crippen LogP contribution in [0.2, 0.25) is 5.02 Å².